The zero-order chi connectivity index (χ0) is 15.5. The van der Waals surface area contributed by atoms with Gasteiger partial charge in [-0.15, -0.1) is 0 Å². The van der Waals surface area contributed by atoms with Crippen molar-refractivity contribution in [1.82, 2.24) is 25.2 Å². The van der Waals surface area contributed by atoms with Crippen molar-refractivity contribution >= 4 is 11.7 Å². The second-order valence-corrected chi connectivity index (χ2v) is 5.57. The maximum absolute atomic E-state index is 11.8. The van der Waals surface area contributed by atoms with Gasteiger partial charge in [-0.3, -0.25) is 4.79 Å². The van der Waals surface area contributed by atoms with E-state index in [0.717, 1.165) is 31.0 Å². The van der Waals surface area contributed by atoms with E-state index in [4.69, 9.17) is 4.52 Å². The van der Waals surface area contributed by atoms with E-state index < -0.39 is 0 Å². The largest absolute Gasteiger partial charge is 0.360 e. The molecule has 0 bridgehead atoms. The van der Waals surface area contributed by atoms with Crippen molar-refractivity contribution in [2.75, 3.05) is 11.9 Å². The molecule has 0 aliphatic carbocycles. The van der Waals surface area contributed by atoms with E-state index in [0.29, 0.717) is 30.6 Å². The molecule has 0 saturated heterocycles. The average Bonchev–Trinajstić information content (AvgIpc) is 3.03. The van der Waals surface area contributed by atoms with E-state index in [9.17, 15) is 4.79 Å². The van der Waals surface area contributed by atoms with Gasteiger partial charge in [-0.05, 0) is 20.3 Å². The number of anilines is 1. The predicted octanol–water partition coefficient (Wildman–Crippen LogP) is 0.816. The van der Waals surface area contributed by atoms with Gasteiger partial charge in [0, 0.05) is 31.5 Å². The number of nitrogens with zero attached hydrogens (tertiary/aromatic N) is 4. The fraction of sp³-hybridized carbons (Fsp3) is 0.571. The first-order chi connectivity index (χ1) is 10.6. The number of carbonyl (C=O) groups excluding carboxylic acids is 1. The number of hydrogen-bond donors (Lipinski definition) is 2. The van der Waals surface area contributed by atoms with Crippen molar-refractivity contribution in [3.05, 3.63) is 23.5 Å². The van der Waals surface area contributed by atoms with E-state index in [1.54, 1.807) is 13.0 Å². The molecule has 0 fully saturated rings. The van der Waals surface area contributed by atoms with Crippen molar-refractivity contribution in [3.63, 3.8) is 0 Å². The molecule has 8 heteroatoms. The summed E-state index contributed by atoms with van der Waals surface area (Å²) in [6, 6.07) is 2.02. The average molecular weight is 304 g/mol. The van der Waals surface area contributed by atoms with Crippen molar-refractivity contribution < 1.29 is 9.32 Å². The number of fused-ring (bicyclic) bond motifs is 1. The molecule has 1 unspecified atom stereocenters. The Kier molecular flexibility index (Phi) is 4.19. The van der Waals surface area contributed by atoms with Crippen LogP contribution in [0.2, 0.25) is 0 Å². The summed E-state index contributed by atoms with van der Waals surface area (Å²) in [6.45, 7) is 5.12. The van der Waals surface area contributed by atoms with Gasteiger partial charge < -0.3 is 15.2 Å². The van der Waals surface area contributed by atoms with Crippen molar-refractivity contribution in [2.45, 2.75) is 45.7 Å². The summed E-state index contributed by atoms with van der Waals surface area (Å²) in [5, 5.41) is 14.2. The molecular weight excluding hydrogens is 284 g/mol. The van der Waals surface area contributed by atoms with Gasteiger partial charge in [-0.1, -0.05) is 5.16 Å². The molecule has 2 N–H and O–H groups in total. The molecule has 8 nitrogen and oxygen atoms in total. The summed E-state index contributed by atoms with van der Waals surface area (Å²) in [6.07, 6.45) is 2.33. The number of hydrogen-bond acceptors (Lipinski definition) is 6. The maximum atomic E-state index is 11.8. The first-order valence-electron chi connectivity index (χ1n) is 7.47. The Labute approximate surface area is 128 Å². The third-order valence-corrected chi connectivity index (χ3v) is 3.64. The van der Waals surface area contributed by atoms with E-state index in [1.165, 1.54) is 0 Å². The Morgan fingerprint density at radius 3 is 3.14 bits per heavy atom. The zero-order valence-electron chi connectivity index (χ0n) is 12.8. The van der Waals surface area contributed by atoms with E-state index >= 15 is 0 Å². The van der Waals surface area contributed by atoms with Crippen LogP contribution in [0.3, 0.4) is 0 Å². The molecule has 0 aromatic carbocycles. The second kappa shape index (κ2) is 6.27. The number of rotatable bonds is 5. The van der Waals surface area contributed by atoms with Crippen LogP contribution in [0.5, 0.6) is 0 Å². The van der Waals surface area contributed by atoms with Crippen LogP contribution in [-0.2, 0) is 17.8 Å². The molecule has 1 atom stereocenters. The molecule has 3 heterocycles. The van der Waals surface area contributed by atoms with E-state index in [1.807, 2.05) is 11.6 Å². The van der Waals surface area contributed by atoms with Gasteiger partial charge in [0.1, 0.15) is 17.4 Å². The van der Waals surface area contributed by atoms with Crippen LogP contribution in [0.25, 0.3) is 0 Å². The lowest BCUT2D eigenvalue weighted by molar-refractivity contribution is -0.116. The Morgan fingerprint density at radius 2 is 2.36 bits per heavy atom. The van der Waals surface area contributed by atoms with Gasteiger partial charge in [0.15, 0.2) is 5.82 Å². The molecule has 22 heavy (non-hydrogen) atoms. The Bertz CT molecular complexity index is 662. The lowest BCUT2D eigenvalue weighted by atomic mass is 10.1. The standard InChI is InChI=1S/C14H20N6O2/c1-9-7-12(19-22-9)17-14(21)5-6-15-11-3-4-13-16-10(2)18-20(13)8-11/h7,11,15H,3-6,8H2,1-2H3,(H,17,19,21). The number of aryl methyl sites for hydroxylation is 3. The summed E-state index contributed by atoms with van der Waals surface area (Å²) in [4.78, 5) is 16.2. The fourth-order valence-corrected chi connectivity index (χ4v) is 2.62. The molecular formula is C14H20N6O2. The minimum atomic E-state index is -0.0751. The van der Waals surface area contributed by atoms with E-state index in [2.05, 4.69) is 25.9 Å². The Morgan fingerprint density at radius 1 is 1.50 bits per heavy atom. The highest BCUT2D eigenvalue weighted by molar-refractivity contribution is 5.89. The number of nitrogens with one attached hydrogen (secondary N) is 2. The fourth-order valence-electron chi connectivity index (χ4n) is 2.62. The number of carbonyl (C=O) groups is 1. The molecule has 1 amide bonds. The number of aromatic nitrogens is 4. The molecule has 3 rings (SSSR count). The highest BCUT2D eigenvalue weighted by Crippen LogP contribution is 2.13. The summed E-state index contributed by atoms with van der Waals surface area (Å²) in [5.74, 6) is 2.93. The highest BCUT2D eigenvalue weighted by atomic mass is 16.5. The van der Waals surface area contributed by atoms with Crippen molar-refractivity contribution in [1.29, 1.82) is 0 Å². The van der Waals surface area contributed by atoms with Crippen LogP contribution in [0.15, 0.2) is 10.6 Å². The molecule has 0 saturated carbocycles. The quantitative estimate of drug-likeness (QED) is 0.848. The molecule has 2 aromatic rings. The molecule has 0 spiro atoms. The van der Waals surface area contributed by atoms with Gasteiger partial charge >= 0.3 is 0 Å². The first-order valence-corrected chi connectivity index (χ1v) is 7.47. The van der Waals surface area contributed by atoms with Crippen LogP contribution in [-0.4, -0.2) is 38.4 Å². The van der Waals surface area contributed by atoms with Gasteiger partial charge in [-0.2, -0.15) is 5.10 Å². The highest BCUT2D eigenvalue weighted by Gasteiger charge is 2.20. The van der Waals surface area contributed by atoms with Crippen molar-refractivity contribution in [3.8, 4) is 0 Å². The molecule has 2 aromatic heterocycles. The number of amides is 1. The minimum Gasteiger partial charge on any atom is -0.360 e. The van der Waals surface area contributed by atoms with Crippen LogP contribution in [0.1, 0.15) is 30.3 Å². The summed E-state index contributed by atoms with van der Waals surface area (Å²) in [5.41, 5.74) is 0. The Hall–Kier alpha value is -2.22. The SMILES string of the molecule is Cc1nc2n(n1)CC(NCCC(=O)Nc1cc(C)on1)CC2. The van der Waals surface area contributed by atoms with Crippen LogP contribution in [0, 0.1) is 13.8 Å². The normalized spacial score (nSPS) is 17.3. The predicted molar refractivity (Wildman–Crippen MR) is 79.4 cm³/mol. The smallest absolute Gasteiger partial charge is 0.226 e. The van der Waals surface area contributed by atoms with Gasteiger partial charge in [0.05, 0.1) is 6.54 Å². The summed E-state index contributed by atoms with van der Waals surface area (Å²) in [7, 11) is 0. The third kappa shape index (κ3) is 3.51. The van der Waals surface area contributed by atoms with Crippen LogP contribution in [0.4, 0.5) is 5.82 Å². The summed E-state index contributed by atoms with van der Waals surface area (Å²) < 4.78 is 6.86. The van der Waals surface area contributed by atoms with Crippen molar-refractivity contribution in [2.24, 2.45) is 0 Å². The molecule has 1 aliphatic rings. The maximum Gasteiger partial charge on any atom is 0.226 e. The van der Waals surface area contributed by atoms with Crippen LogP contribution >= 0.6 is 0 Å². The van der Waals surface area contributed by atoms with Gasteiger partial charge in [-0.25, -0.2) is 9.67 Å². The second-order valence-electron chi connectivity index (χ2n) is 5.57. The lowest BCUT2D eigenvalue weighted by Gasteiger charge is -2.23. The lowest BCUT2D eigenvalue weighted by Crippen LogP contribution is -2.39. The van der Waals surface area contributed by atoms with Gasteiger partial charge in [0.25, 0.3) is 0 Å². The zero-order valence-corrected chi connectivity index (χ0v) is 12.8. The topological polar surface area (TPSA) is 97.9 Å². The minimum absolute atomic E-state index is 0.0751. The third-order valence-electron chi connectivity index (χ3n) is 3.64. The molecule has 118 valence electrons. The summed E-state index contributed by atoms with van der Waals surface area (Å²) >= 11 is 0. The molecule has 0 radical (unpaired) electrons. The molecule has 1 aliphatic heterocycles. The van der Waals surface area contributed by atoms with Gasteiger partial charge in [0.2, 0.25) is 5.91 Å². The van der Waals surface area contributed by atoms with Crippen LogP contribution < -0.4 is 10.6 Å². The Balaban J connectivity index is 1.41. The first kappa shape index (κ1) is 14.7. The monoisotopic (exact) mass is 304 g/mol. The van der Waals surface area contributed by atoms with E-state index in [-0.39, 0.29) is 5.91 Å².